The minimum Gasteiger partial charge on any atom is -0.501 e. The molecule has 0 amide bonds. The van der Waals surface area contributed by atoms with Crippen LogP contribution in [-0.2, 0) is 4.74 Å². The third-order valence-corrected chi connectivity index (χ3v) is 3.86. The standard InChI is InChI=1S/C15H18N4O5/c20-13-12(15(22)23)17-11-2-1-10(9-19(11)14(13)21)16-3-4-18-5-7-24-8-6-18/h1-2,9,16,20H,3-8H2,(H,22,23). The first-order valence-electron chi connectivity index (χ1n) is 7.59. The highest BCUT2D eigenvalue weighted by molar-refractivity contribution is 5.88. The van der Waals surface area contributed by atoms with E-state index in [1.54, 1.807) is 6.07 Å². The predicted octanol–water partition coefficient (Wildman–Crippen LogP) is -0.158. The van der Waals surface area contributed by atoms with Crippen LogP contribution in [0.2, 0.25) is 0 Å². The van der Waals surface area contributed by atoms with Gasteiger partial charge in [-0.1, -0.05) is 0 Å². The molecule has 2 aromatic rings. The summed E-state index contributed by atoms with van der Waals surface area (Å²) in [6.45, 7) is 4.80. The van der Waals surface area contributed by atoms with Crippen molar-refractivity contribution in [3.63, 3.8) is 0 Å². The summed E-state index contributed by atoms with van der Waals surface area (Å²) in [6.07, 6.45) is 1.50. The number of aromatic carboxylic acids is 1. The number of anilines is 1. The van der Waals surface area contributed by atoms with Gasteiger partial charge in [0.15, 0.2) is 5.69 Å². The van der Waals surface area contributed by atoms with E-state index in [4.69, 9.17) is 9.84 Å². The zero-order valence-electron chi connectivity index (χ0n) is 12.9. The molecule has 0 aromatic carbocycles. The molecule has 24 heavy (non-hydrogen) atoms. The quantitative estimate of drug-likeness (QED) is 0.691. The third kappa shape index (κ3) is 3.31. The Morgan fingerprint density at radius 1 is 1.33 bits per heavy atom. The van der Waals surface area contributed by atoms with Crippen LogP contribution < -0.4 is 10.9 Å². The average molecular weight is 334 g/mol. The van der Waals surface area contributed by atoms with Gasteiger partial charge in [-0.2, -0.15) is 0 Å². The number of carboxylic acids is 1. The monoisotopic (exact) mass is 334 g/mol. The molecule has 9 nitrogen and oxygen atoms in total. The highest BCUT2D eigenvalue weighted by Gasteiger charge is 2.17. The number of hydrogen-bond acceptors (Lipinski definition) is 7. The number of ether oxygens (including phenoxy) is 1. The Morgan fingerprint density at radius 2 is 2.08 bits per heavy atom. The largest absolute Gasteiger partial charge is 0.501 e. The summed E-state index contributed by atoms with van der Waals surface area (Å²) in [7, 11) is 0. The maximum atomic E-state index is 12.1. The van der Waals surface area contributed by atoms with Gasteiger partial charge in [0.25, 0.3) is 0 Å². The van der Waals surface area contributed by atoms with Crippen molar-refractivity contribution in [1.29, 1.82) is 0 Å². The van der Waals surface area contributed by atoms with Gasteiger partial charge in [-0.15, -0.1) is 0 Å². The van der Waals surface area contributed by atoms with Crippen LogP contribution in [0.25, 0.3) is 5.65 Å². The van der Waals surface area contributed by atoms with Crippen molar-refractivity contribution in [3.8, 4) is 5.75 Å². The molecule has 0 unspecified atom stereocenters. The molecule has 1 saturated heterocycles. The summed E-state index contributed by atoms with van der Waals surface area (Å²) in [6, 6.07) is 3.24. The molecule has 3 N–H and O–H groups in total. The SMILES string of the molecule is O=C(O)c1nc2ccc(NCCN3CCOCC3)cn2c(=O)c1O. The normalized spacial score (nSPS) is 15.5. The number of carboxylic acid groups (broad SMARTS) is 1. The predicted molar refractivity (Wildman–Crippen MR) is 85.8 cm³/mol. The molecule has 0 aliphatic carbocycles. The maximum Gasteiger partial charge on any atom is 0.358 e. The van der Waals surface area contributed by atoms with Gasteiger partial charge in [0, 0.05) is 32.4 Å². The fourth-order valence-electron chi connectivity index (χ4n) is 2.57. The molecule has 2 aromatic heterocycles. The first-order valence-corrected chi connectivity index (χ1v) is 7.59. The Morgan fingerprint density at radius 3 is 2.79 bits per heavy atom. The van der Waals surface area contributed by atoms with E-state index in [0.29, 0.717) is 12.2 Å². The number of nitrogens with zero attached hydrogens (tertiary/aromatic N) is 3. The van der Waals surface area contributed by atoms with Crippen LogP contribution in [-0.4, -0.2) is 69.9 Å². The summed E-state index contributed by atoms with van der Waals surface area (Å²) in [5.41, 5.74) is -0.613. The van der Waals surface area contributed by atoms with Crippen molar-refractivity contribution < 1.29 is 19.7 Å². The van der Waals surface area contributed by atoms with Crippen LogP contribution in [0.3, 0.4) is 0 Å². The van der Waals surface area contributed by atoms with Crippen LogP contribution in [0, 0.1) is 0 Å². The molecule has 1 aliphatic rings. The van der Waals surface area contributed by atoms with Crippen molar-refractivity contribution in [2.24, 2.45) is 0 Å². The van der Waals surface area contributed by atoms with E-state index in [1.807, 2.05) is 0 Å². The van der Waals surface area contributed by atoms with Gasteiger partial charge in [-0.25, -0.2) is 9.78 Å². The highest BCUT2D eigenvalue weighted by atomic mass is 16.5. The number of nitrogens with one attached hydrogen (secondary N) is 1. The molecule has 3 rings (SSSR count). The summed E-state index contributed by atoms with van der Waals surface area (Å²) in [5, 5.41) is 21.8. The highest BCUT2D eigenvalue weighted by Crippen LogP contribution is 2.13. The minimum atomic E-state index is -1.44. The van der Waals surface area contributed by atoms with Gasteiger partial charge < -0.3 is 20.3 Å². The number of aromatic nitrogens is 2. The van der Waals surface area contributed by atoms with Gasteiger partial charge in [-0.05, 0) is 12.1 Å². The smallest absolute Gasteiger partial charge is 0.358 e. The van der Waals surface area contributed by atoms with E-state index in [2.05, 4.69) is 15.2 Å². The molecule has 1 fully saturated rings. The van der Waals surface area contributed by atoms with Crippen molar-refractivity contribution in [3.05, 3.63) is 34.4 Å². The van der Waals surface area contributed by atoms with E-state index in [0.717, 1.165) is 37.2 Å². The summed E-state index contributed by atoms with van der Waals surface area (Å²) in [4.78, 5) is 29.1. The topological polar surface area (TPSA) is 116 Å². The number of carbonyl (C=O) groups is 1. The molecule has 128 valence electrons. The van der Waals surface area contributed by atoms with Crippen molar-refractivity contribution in [1.82, 2.24) is 14.3 Å². The number of morpholine rings is 1. The first-order chi connectivity index (χ1) is 11.6. The molecule has 0 radical (unpaired) electrons. The number of rotatable bonds is 5. The summed E-state index contributed by atoms with van der Waals surface area (Å²) < 4.78 is 6.41. The molecule has 0 spiro atoms. The fraction of sp³-hybridized carbons (Fsp3) is 0.400. The van der Waals surface area contributed by atoms with E-state index in [1.165, 1.54) is 12.3 Å². The maximum absolute atomic E-state index is 12.1. The van der Waals surface area contributed by atoms with E-state index >= 15 is 0 Å². The second-order valence-corrected chi connectivity index (χ2v) is 5.45. The van der Waals surface area contributed by atoms with Gasteiger partial charge in [0.2, 0.25) is 5.75 Å². The lowest BCUT2D eigenvalue weighted by atomic mass is 10.3. The molecular formula is C15H18N4O5. The Hall–Kier alpha value is -2.65. The van der Waals surface area contributed by atoms with E-state index < -0.39 is 23.0 Å². The van der Waals surface area contributed by atoms with Crippen LogP contribution in [0.4, 0.5) is 5.69 Å². The lowest BCUT2D eigenvalue weighted by molar-refractivity contribution is 0.0398. The van der Waals surface area contributed by atoms with Crippen LogP contribution in [0.5, 0.6) is 5.75 Å². The average Bonchev–Trinajstić information content (AvgIpc) is 2.59. The lowest BCUT2D eigenvalue weighted by Crippen LogP contribution is -2.39. The zero-order chi connectivity index (χ0) is 17.1. The Kier molecular flexibility index (Phi) is 4.63. The van der Waals surface area contributed by atoms with E-state index in [-0.39, 0.29) is 5.65 Å². The summed E-state index contributed by atoms with van der Waals surface area (Å²) >= 11 is 0. The van der Waals surface area contributed by atoms with Crippen LogP contribution in [0.15, 0.2) is 23.1 Å². The van der Waals surface area contributed by atoms with Crippen LogP contribution >= 0.6 is 0 Å². The second kappa shape index (κ2) is 6.85. The molecule has 3 heterocycles. The Balaban J connectivity index is 1.76. The third-order valence-electron chi connectivity index (χ3n) is 3.86. The molecule has 0 atom stereocenters. The number of pyridine rings is 1. The Labute approximate surface area is 137 Å². The van der Waals surface area contributed by atoms with Crippen molar-refractivity contribution >= 4 is 17.3 Å². The molecule has 0 bridgehead atoms. The minimum absolute atomic E-state index is 0.161. The first kappa shape index (κ1) is 16.2. The van der Waals surface area contributed by atoms with Gasteiger partial charge in [0.1, 0.15) is 5.65 Å². The molecular weight excluding hydrogens is 316 g/mol. The number of fused-ring (bicyclic) bond motifs is 1. The van der Waals surface area contributed by atoms with Gasteiger partial charge in [0.05, 0.1) is 18.9 Å². The lowest BCUT2D eigenvalue weighted by Gasteiger charge is -2.26. The molecule has 1 aliphatic heterocycles. The van der Waals surface area contributed by atoms with Crippen LogP contribution in [0.1, 0.15) is 10.5 Å². The van der Waals surface area contributed by atoms with E-state index in [9.17, 15) is 14.7 Å². The zero-order valence-corrected chi connectivity index (χ0v) is 12.9. The molecule has 9 heteroatoms. The van der Waals surface area contributed by atoms with Crippen molar-refractivity contribution in [2.45, 2.75) is 0 Å². The fourth-order valence-corrected chi connectivity index (χ4v) is 2.57. The molecule has 0 saturated carbocycles. The number of hydrogen-bond donors (Lipinski definition) is 3. The van der Waals surface area contributed by atoms with Gasteiger partial charge in [-0.3, -0.25) is 14.1 Å². The van der Waals surface area contributed by atoms with Crippen molar-refractivity contribution in [2.75, 3.05) is 44.7 Å². The summed E-state index contributed by atoms with van der Waals surface area (Å²) in [5.74, 6) is -2.31. The second-order valence-electron chi connectivity index (χ2n) is 5.45. The Bertz CT molecular complexity index is 813. The number of aromatic hydroxyl groups is 1. The van der Waals surface area contributed by atoms with Gasteiger partial charge >= 0.3 is 11.5 Å².